The molecule has 18 heavy (non-hydrogen) atoms. The highest BCUT2D eigenvalue weighted by Crippen LogP contribution is 2.01. The molecule has 0 aromatic rings. The third kappa shape index (κ3) is 7.13. The molecular weight excluding hydrogens is 258 g/mol. The summed E-state index contributed by atoms with van der Waals surface area (Å²) in [6.07, 6.45) is 2.30. The number of amides is 2. The Hall–Kier alpha value is -1.28. The Bertz CT molecular complexity index is 309. The molecule has 0 heterocycles. The van der Waals surface area contributed by atoms with Gasteiger partial charge in [0.15, 0.2) is 0 Å². The smallest absolute Gasteiger partial charge is 0.322 e. The van der Waals surface area contributed by atoms with Crippen molar-refractivity contribution in [3.8, 4) is 0 Å². The van der Waals surface area contributed by atoms with Crippen molar-refractivity contribution in [3.05, 3.63) is 0 Å². The standard InChI is InChI=1S/C10H19N3O4S/c1-6(11)9(16)13-7(3-4-18-2)10(17)12-5-8(14)15/h6-7H,3-5,11H2,1-2H3,(H,12,17)(H,13,16)(H,14,15). The van der Waals surface area contributed by atoms with Crippen molar-refractivity contribution in [1.82, 2.24) is 10.6 Å². The largest absolute Gasteiger partial charge is 0.480 e. The molecular formula is C10H19N3O4S. The Morgan fingerprint density at radius 3 is 2.39 bits per heavy atom. The van der Waals surface area contributed by atoms with Crippen LogP contribution in [0.1, 0.15) is 13.3 Å². The van der Waals surface area contributed by atoms with E-state index in [9.17, 15) is 14.4 Å². The van der Waals surface area contributed by atoms with Crippen molar-refractivity contribution < 1.29 is 19.5 Å². The van der Waals surface area contributed by atoms with Crippen LogP contribution >= 0.6 is 11.8 Å². The van der Waals surface area contributed by atoms with Crippen LogP contribution in [0.3, 0.4) is 0 Å². The number of nitrogens with one attached hydrogen (secondary N) is 2. The molecule has 0 bridgehead atoms. The lowest BCUT2D eigenvalue weighted by atomic mass is 10.2. The Morgan fingerprint density at radius 1 is 1.33 bits per heavy atom. The van der Waals surface area contributed by atoms with Crippen LogP contribution in [-0.2, 0) is 14.4 Å². The lowest BCUT2D eigenvalue weighted by Crippen LogP contribution is -2.51. The number of aliphatic carboxylic acids is 1. The first-order valence-electron chi connectivity index (χ1n) is 5.42. The number of carboxylic acids is 1. The van der Waals surface area contributed by atoms with Crippen LogP contribution < -0.4 is 16.4 Å². The van der Waals surface area contributed by atoms with Gasteiger partial charge >= 0.3 is 5.97 Å². The number of hydrogen-bond donors (Lipinski definition) is 4. The zero-order chi connectivity index (χ0) is 14.1. The van der Waals surface area contributed by atoms with Crippen molar-refractivity contribution in [3.63, 3.8) is 0 Å². The number of carboxylic acid groups (broad SMARTS) is 1. The quantitative estimate of drug-likeness (QED) is 0.441. The van der Waals surface area contributed by atoms with Crippen LogP contribution in [0.4, 0.5) is 0 Å². The maximum Gasteiger partial charge on any atom is 0.322 e. The second-order valence-corrected chi connectivity index (χ2v) is 4.73. The summed E-state index contributed by atoms with van der Waals surface area (Å²) in [5.74, 6) is -1.41. The number of thioether (sulfide) groups is 1. The van der Waals surface area contributed by atoms with E-state index in [1.807, 2.05) is 6.26 Å². The Morgan fingerprint density at radius 2 is 1.94 bits per heavy atom. The molecule has 0 rings (SSSR count). The Kier molecular flexibility index (Phi) is 8.14. The zero-order valence-electron chi connectivity index (χ0n) is 10.4. The highest BCUT2D eigenvalue weighted by molar-refractivity contribution is 7.98. The number of carbonyl (C=O) groups is 3. The maximum absolute atomic E-state index is 11.7. The molecule has 2 amide bonds. The SMILES string of the molecule is CSCCC(NC(=O)C(C)N)C(=O)NCC(=O)O. The minimum Gasteiger partial charge on any atom is -0.480 e. The van der Waals surface area contributed by atoms with Gasteiger partial charge in [0, 0.05) is 0 Å². The van der Waals surface area contributed by atoms with E-state index >= 15 is 0 Å². The summed E-state index contributed by atoms with van der Waals surface area (Å²) in [4.78, 5) is 33.4. The second kappa shape index (κ2) is 8.76. The summed E-state index contributed by atoms with van der Waals surface area (Å²) >= 11 is 1.53. The molecule has 0 spiro atoms. The fourth-order valence-electron chi connectivity index (χ4n) is 1.09. The molecule has 0 aromatic heterocycles. The van der Waals surface area contributed by atoms with Crippen molar-refractivity contribution in [2.75, 3.05) is 18.6 Å². The van der Waals surface area contributed by atoms with Crippen molar-refractivity contribution >= 4 is 29.5 Å². The van der Waals surface area contributed by atoms with Crippen LogP contribution in [0.5, 0.6) is 0 Å². The summed E-state index contributed by atoms with van der Waals surface area (Å²) < 4.78 is 0. The number of hydrogen-bond acceptors (Lipinski definition) is 5. The summed E-state index contributed by atoms with van der Waals surface area (Å²) in [5, 5.41) is 13.2. The Balaban J connectivity index is 4.41. The third-order valence-electron chi connectivity index (χ3n) is 2.07. The van der Waals surface area contributed by atoms with Gasteiger partial charge < -0.3 is 21.5 Å². The average molecular weight is 277 g/mol. The third-order valence-corrected chi connectivity index (χ3v) is 2.71. The molecule has 2 unspecified atom stereocenters. The maximum atomic E-state index is 11.7. The summed E-state index contributed by atoms with van der Waals surface area (Å²) in [6, 6.07) is -1.47. The lowest BCUT2D eigenvalue weighted by molar-refractivity contribution is -0.138. The molecule has 0 saturated carbocycles. The van der Waals surface area contributed by atoms with Crippen LogP contribution in [-0.4, -0.2) is 53.5 Å². The molecule has 8 heteroatoms. The number of rotatable bonds is 8. The van der Waals surface area contributed by atoms with E-state index < -0.39 is 36.4 Å². The fourth-order valence-corrected chi connectivity index (χ4v) is 1.57. The Labute approximate surface area is 110 Å². The van der Waals surface area contributed by atoms with Gasteiger partial charge in [0.1, 0.15) is 12.6 Å². The van der Waals surface area contributed by atoms with Crippen LogP contribution in [0.2, 0.25) is 0 Å². The van der Waals surface area contributed by atoms with Gasteiger partial charge in [-0.2, -0.15) is 11.8 Å². The highest BCUT2D eigenvalue weighted by Gasteiger charge is 2.21. The van der Waals surface area contributed by atoms with Gasteiger partial charge in [-0.3, -0.25) is 14.4 Å². The van der Waals surface area contributed by atoms with E-state index in [2.05, 4.69) is 10.6 Å². The first-order chi connectivity index (χ1) is 8.38. The summed E-state index contributed by atoms with van der Waals surface area (Å²) in [6.45, 7) is 1.04. The van der Waals surface area contributed by atoms with E-state index in [4.69, 9.17) is 10.8 Å². The predicted molar refractivity (Wildman–Crippen MR) is 69.2 cm³/mol. The minimum atomic E-state index is -1.13. The van der Waals surface area contributed by atoms with Crippen molar-refractivity contribution in [2.45, 2.75) is 25.4 Å². The molecule has 0 fully saturated rings. The van der Waals surface area contributed by atoms with Crippen molar-refractivity contribution in [1.29, 1.82) is 0 Å². The molecule has 104 valence electrons. The zero-order valence-corrected chi connectivity index (χ0v) is 11.3. The molecule has 0 saturated heterocycles. The van der Waals surface area contributed by atoms with E-state index in [0.717, 1.165) is 0 Å². The molecule has 0 aliphatic rings. The molecule has 2 atom stereocenters. The lowest BCUT2D eigenvalue weighted by Gasteiger charge is -2.18. The molecule has 5 N–H and O–H groups in total. The normalized spacial score (nSPS) is 13.5. The molecule has 0 aliphatic carbocycles. The first-order valence-corrected chi connectivity index (χ1v) is 6.82. The summed E-state index contributed by atoms with van der Waals surface area (Å²) in [7, 11) is 0. The van der Waals surface area contributed by atoms with E-state index in [0.29, 0.717) is 12.2 Å². The van der Waals surface area contributed by atoms with Crippen LogP contribution in [0, 0.1) is 0 Å². The van der Waals surface area contributed by atoms with Gasteiger partial charge in [-0.1, -0.05) is 0 Å². The monoisotopic (exact) mass is 277 g/mol. The average Bonchev–Trinajstić information content (AvgIpc) is 2.30. The number of nitrogens with two attached hydrogens (primary N) is 1. The number of carbonyl (C=O) groups excluding carboxylic acids is 2. The van der Waals surface area contributed by atoms with Gasteiger partial charge in [-0.25, -0.2) is 0 Å². The van der Waals surface area contributed by atoms with E-state index in [-0.39, 0.29) is 0 Å². The molecule has 0 aromatic carbocycles. The van der Waals surface area contributed by atoms with Gasteiger partial charge in [-0.15, -0.1) is 0 Å². The van der Waals surface area contributed by atoms with Crippen LogP contribution in [0.25, 0.3) is 0 Å². The van der Waals surface area contributed by atoms with Gasteiger partial charge in [0.25, 0.3) is 0 Å². The van der Waals surface area contributed by atoms with E-state index in [1.54, 1.807) is 0 Å². The predicted octanol–water partition coefficient (Wildman–Crippen LogP) is -1.23. The summed E-state index contributed by atoms with van der Waals surface area (Å²) in [5.41, 5.74) is 5.39. The molecule has 7 nitrogen and oxygen atoms in total. The van der Waals surface area contributed by atoms with Crippen LogP contribution in [0.15, 0.2) is 0 Å². The molecule has 0 aliphatic heterocycles. The topological polar surface area (TPSA) is 122 Å². The highest BCUT2D eigenvalue weighted by atomic mass is 32.2. The molecule has 0 radical (unpaired) electrons. The van der Waals surface area contributed by atoms with Gasteiger partial charge in [0.2, 0.25) is 11.8 Å². The first kappa shape index (κ1) is 16.7. The second-order valence-electron chi connectivity index (χ2n) is 3.74. The minimum absolute atomic E-state index is 0.422. The van der Waals surface area contributed by atoms with Gasteiger partial charge in [0.05, 0.1) is 6.04 Å². The fraction of sp³-hybridized carbons (Fsp3) is 0.700. The van der Waals surface area contributed by atoms with Crippen molar-refractivity contribution in [2.24, 2.45) is 5.73 Å². The van der Waals surface area contributed by atoms with Gasteiger partial charge in [-0.05, 0) is 25.4 Å². The van der Waals surface area contributed by atoms with E-state index in [1.165, 1.54) is 18.7 Å².